The molecule has 3 heterocycles. The van der Waals surface area contributed by atoms with E-state index in [1.165, 1.54) is 11.8 Å². The van der Waals surface area contributed by atoms with Crippen molar-refractivity contribution in [3.8, 4) is 0 Å². The second kappa shape index (κ2) is 5.45. The first kappa shape index (κ1) is 15.4. The molecule has 7 nitrogen and oxygen atoms in total. The number of rotatable bonds is 3. The first-order valence-electron chi connectivity index (χ1n) is 7.40. The van der Waals surface area contributed by atoms with E-state index in [1.54, 1.807) is 19.6 Å². The monoisotopic (exact) mass is 361 g/mol. The van der Waals surface area contributed by atoms with Gasteiger partial charge in [-0.15, -0.1) is 0 Å². The molecule has 0 saturated heterocycles. The number of benzene rings is 1. The minimum atomic E-state index is -3.23. The molecule has 1 aromatic carbocycles. The quantitative estimate of drug-likeness (QED) is 0.837. The van der Waals surface area contributed by atoms with Crippen LogP contribution in [0.3, 0.4) is 0 Å². The van der Waals surface area contributed by atoms with Gasteiger partial charge in [0.15, 0.2) is 15.7 Å². The van der Waals surface area contributed by atoms with Crippen molar-refractivity contribution in [3.05, 3.63) is 35.6 Å². The van der Waals surface area contributed by atoms with Gasteiger partial charge in [-0.25, -0.2) is 23.4 Å². The van der Waals surface area contributed by atoms with E-state index in [2.05, 4.69) is 15.0 Å². The Morgan fingerprint density at radius 2 is 2.17 bits per heavy atom. The summed E-state index contributed by atoms with van der Waals surface area (Å²) in [5.41, 5.74) is 2.86. The Balaban J connectivity index is 1.66. The van der Waals surface area contributed by atoms with E-state index in [-0.39, 0.29) is 5.75 Å². The van der Waals surface area contributed by atoms with Crippen LogP contribution in [0.25, 0.3) is 11.0 Å². The highest BCUT2D eigenvalue weighted by Gasteiger charge is 2.34. The number of anilines is 1. The maximum absolute atomic E-state index is 12.0. The van der Waals surface area contributed by atoms with Crippen LogP contribution in [0.5, 0.6) is 0 Å². The number of fused-ring (bicyclic) bond motifs is 2. The SMILES string of the molecule is CCS(=O)(=O)C1N=C2N=CN(c3ccc4c(c3)ncn4C)C=C2S1. The van der Waals surface area contributed by atoms with E-state index in [0.29, 0.717) is 5.84 Å². The lowest BCUT2D eigenvalue weighted by molar-refractivity contribution is 0.595. The highest BCUT2D eigenvalue weighted by atomic mass is 32.3. The van der Waals surface area contributed by atoms with Crippen LogP contribution in [-0.4, -0.2) is 40.6 Å². The van der Waals surface area contributed by atoms with Gasteiger partial charge in [0.2, 0.25) is 4.71 Å². The highest BCUT2D eigenvalue weighted by molar-refractivity contribution is 8.16. The second-order valence-corrected chi connectivity index (χ2v) is 9.27. The maximum atomic E-state index is 12.0. The number of aryl methyl sites for hydroxylation is 1. The second-order valence-electron chi connectivity index (χ2n) is 5.50. The number of imidazole rings is 1. The van der Waals surface area contributed by atoms with Crippen LogP contribution in [0.4, 0.5) is 5.69 Å². The summed E-state index contributed by atoms with van der Waals surface area (Å²) in [6, 6.07) is 5.95. The number of aliphatic imine (C=N–C) groups is 2. The smallest absolute Gasteiger partial charge is 0.203 e. The van der Waals surface area contributed by atoms with Crippen molar-refractivity contribution in [1.82, 2.24) is 9.55 Å². The Bertz CT molecular complexity index is 1020. The van der Waals surface area contributed by atoms with E-state index in [0.717, 1.165) is 21.6 Å². The fourth-order valence-corrected chi connectivity index (χ4v) is 5.14. The fraction of sp³-hybridized carbons (Fsp3) is 0.267. The zero-order chi connectivity index (χ0) is 16.9. The Labute approximate surface area is 143 Å². The molecule has 0 radical (unpaired) electrons. The van der Waals surface area contributed by atoms with Crippen molar-refractivity contribution in [1.29, 1.82) is 0 Å². The number of nitrogens with zero attached hydrogens (tertiary/aromatic N) is 5. The van der Waals surface area contributed by atoms with Gasteiger partial charge in [-0.2, -0.15) is 0 Å². The van der Waals surface area contributed by atoms with Gasteiger partial charge in [-0.05, 0) is 18.2 Å². The molecule has 2 aliphatic heterocycles. The Morgan fingerprint density at radius 3 is 2.96 bits per heavy atom. The summed E-state index contributed by atoms with van der Waals surface area (Å²) < 4.78 is 25.2. The van der Waals surface area contributed by atoms with Gasteiger partial charge < -0.3 is 9.47 Å². The molecule has 2 aromatic rings. The molecule has 0 spiro atoms. The Hall–Kier alpha value is -2.13. The van der Waals surface area contributed by atoms with Gasteiger partial charge >= 0.3 is 0 Å². The number of aromatic nitrogens is 2. The molecule has 0 bridgehead atoms. The maximum Gasteiger partial charge on any atom is 0.203 e. The molecular formula is C15H15N5O2S2. The van der Waals surface area contributed by atoms with E-state index in [9.17, 15) is 8.42 Å². The lowest BCUT2D eigenvalue weighted by atomic mass is 10.2. The molecule has 1 unspecified atom stereocenters. The molecule has 0 aliphatic carbocycles. The van der Waals surface area contributed by atoms with Crippen LogP contribution in [0.15, 0.2) is 45.6 Å². The number of sulfone groups is 1. The lowest BCUT2D eigenvalue weighted by Crippen LogP contribution is -2.19. The van der Waals surface area contributed by atoms with Crippen molar-refractivity contribution in [2.75, 3.05) is 10.7 Å². The van der Waals surface area contributed by atoms with Crippen LogP contribution in [0.2, 0.25) is 0 Å². The highest BCUT2D eigenvalue weighted by Crippen LogP contribution is 2.37. The van der Waals surface area contributed by atoms with E-state index < -0.39 is 14.5 Å². The van der Waals surface area contributed by atoms with E-state index in [1.807, 2.05) is 40.9 Å². The summed E-state index contributed by atoms with van der Waals surface area (Å²) in [4.78, 5) is 15.5. The predicted octanol–water partition coefficient (Wildman–Crippen LogP) is 2.13. The molecule has 1 atom stereocenters. The third kappa shape index (κ3) is 2.44. The molecule has 0 saturated carbocycles. The van der Waals surface area contributed by atoms with Gasteiger partial charge in [0, 0.05) is 18.9 Å². The summed E-state index contributed by atoms with van der Waals surface area (Å²) in [5.74, 6) is 0.551. The number of hydrogen-bond donors (Lipinski definition) is 0. The largest absolute Gasteiger partial charge is 0.334 e. The predicted molar refractivity (Wildman–Crippen MR) is 98.0 cm³/mol. The summed E-state index contributed by atoms with van der Waals surface area (Å²) in [6.45, 7) is 1.63. The molecule has 24 heavy (non-hydrogen) atoms. The van der Waals surface area contributed by atoms with Crippen LogP contribution >= 0.6 is 11.8 Å². The first-order valence-corrected chi connectivity index (χ1v) is 9.99. The zero-order valence-electron chi connectivity index (χ0n) is 13.1. The van der Waals surface area contributed by atoms with Gasteiger partial charge in [0.25, 0.3) is 0 Å². The van der Waals surface area contributed by atoms with Crippen molar-refractivity contribution >= 4 is 50.5 Å². The summed E-state index contributed by atoms with van der Waals surface area (Å²) in [6.07, 6.45) is 5.29. The molecular weight excluding hydrogens is 346 g/mol. The lowest BCUT2D eigenvalue weighted by Gasteiger charge is -2.19. The van der Waals surface area contributed by atoms with E-state index in [4.69, 9.17) is 0 Å². The van der Waals surface area contributed by atoms with Gasteiger partial charge in [-0.1, -0.05) is 18.7 Å². The number of amidine groups is 1. The molecule has 124 valence electrons. The van der Waals surface area contributed by atoms with Crippen molar-refractivity contribution in [2.24, 2.45) is 17.0 Å². The van der Waals surface area contributed by atoms with Crippen LogP contribution < -0.4 is 4.90 Å². The minimum absolute atomic E-state index is 0.0680. The Morgan fingerprint density at radius 1 is 1.33 bits per heavy atom. The standard InChI is InChI=1S/C15H15N5O2S2/c1-3-24(21,22)15-18-14-13(23-15)7-20(9-17-14)10-4-5-12-11(6-10)16-8-19(12)2/h4-9,15H,3H2,1-2H3. The average molecular weight is 361 g/mol. The molecule has 9 heteroatoms. The number of hydrogen-bond acceptors (Lipinski definition) is 7. The molecule has 0 amide bonds. The topological polar surface area (TPSA) is 79.9 Å². The van der Waals surface area contributed by atoms with Gasteiger partial charge in [0.05, 0.1) is 28.0 Å². The molecule has 4 rings (SSSR count). The summed E-state index contributed by atoms with van der Waals surface area (Å²) in [5, 5.41) is 0. The van der Waals surface area contributed by atoms with E-state index >= 15 is 0 Å². The van der Waals surface area contributed by atoms with Crippen LogP contribution in [-0.2, 0) is 16.9 Å². The van der Waals surface area contributed by atoms with Gasteiger partial charge in [-0.3, -0.25) is 0 Å². The molecule has 0 fully saturated rings. The molecule has 2 aliphatic rings. The molecule has 1 aromatic heterocycles. The average Bonchev–Trinajstić information content (AvgIpc) is 3.18. The van der Waals surface area contributed by atoms with Crippen molar-refractivity contribution in [3.63, 3.8) is 0 Å². The van der Waals surface area contributed by atoms with Crippen molar-refractivity contribution in [2.45, 2.75) is 11.6 Å². The van der Waals surface area contributed by atoms with Crippen molar-refractivity contribution < 1.29 is 8.42 Å². The van der Waals surface area contributed by atoms with Crippen LogP contribution in [0, 0.1) is 0 Å². The first-order chi connectivity index (χ1) is 11.5. The van der Waals surface area contributed by atoms with Gasteiger partial charge in [0.1, 0.15) is 6.34 Å². The number of thioether (sulfide) groups is 1. The zero-order valence-corrected chi connectivity index (χ0v) is 14.8. The Kier molecular flexibility index (Phi) is 3.50. The third-order valence-corrected chi connectivity index (χ3v) is 7.50. The van der Waals surface area contributed by atoms with Crippen LogP contribution in [0.1, 0.15) is 6.92 Å². The third-order valence-electron chi connectivity index (χ3n) is 3.95. The minimum Gasteiger partial charge on any atom is -0.334 e. The summed E-state index contributed by atoms with van der Waals surface area (Å²) >= 11 is 1.23. The normalized spacial score (nSPS) is 20.2. The fourth-order valence-electron chi connectivity index (χ4n) is 2.54. The molecule has 0 N–H and O–H groups in total. The summed E-state index contributed by atoms with van der Waals surface area (Å²) in [7, 11) is -1.28.